The molecule has 1 fully saturated rings. The van der Waals surface area contributed by atoms with Gasteiger partial charge in [-0.3, -0.25) is 9.59 Å². The number of thioether (sulfide) groups is 1. The molecule has 1 aromatic rings. The molecule has 1 aliphatic rings. The number of carbonyl (C=O) groups is 2. The number of amides is 1. The van der Waals surface area contributed by atoms with Gasteiger partial charge in [-0.2, -0.15) is 5.10 Å². The van der Waals surface area contributed by atoms with Crippen molar-refractivity contribution in [1.29, 1.82) is 0 Å². The number of halogens is 1. The Labute approximate surface area is 150 Å². The highest BCUT2D eigenvalue weighted by molar-refractivity contribution is 9.10. The van der Waals surface area contributed by atoms with E-state index in [4.69, 9.17) is 16.3 Å². The van der Waals surface area contributed by atoms with Crippen LogP contribution in [0, 0.1) is 12.3 Å². The van der Waals surface area contributed by atoms with E-state index in [9.17, 15) is 9.59 Å². The van der Waals surface area contributed by atoms with Crippen molar-refractivity contribution in [3.05, 3.63) is 28.2 Å². The highest BCUT2D eigenvalue weighted by atomic mass is 79.9. The summed E-state index contributed by atoms with van der Waals surface area (Å²) in [5.41, 5.74) is 0.760. The summed E-state index contributed by atoms with van der Waals surface area (Å²) in [5, 5.41) is 18.6. The molecule has 1 atom stereocenters. The first kappa shape index (κ1) is 18.0. The Morgan fingerprint density at radius 1 is 1.58 bits per heavy atom. The predicted molar refractivity (Wildman–Crippen MR) is 95.3 cm³/mol. The second-order valence-electron chi connectivity index (χ2n) is 4.53. The number of rotatable bonds is 6. The Bertz CT molecular complexity index is 758. The summed E-state index contributed by atoms with van der Waals surface area (Å²) in [7, 11) is 0. The van der Waals surface area contributed by atoms with Crippen LogP contribution in [0.15, 0.2) is 32.9 Å². The molecule has 1 amide bonds. The lowest BCUT2D eigenvalue weighted by molar-refractivity contribution is -0.138. The molecule has 0 saturated carbocycles. The van der Waals surface area contributed by atoms with Crippen molar-refractivity contribution in [3.8, 4) is 18.1 Å². The number of ether oxygens (including phenoxy) is 1. The minimum absolute atomic E-state index is 0.175. The smallest absolute Gasteiger partial charge is 0.305 e. The normalized spacial score (nSPS) is 18.6. The molecule has 2 rings (SSSR count). The van der Waals surface area contributed by atoms with Crippen molar-refractivity contribution in [2.24, 2.45) is 10.2 Å². The number of hydrogen-bond donors (Lipinski definition) is 2. The van der Waals surface area contributed by atoms with Gasteiger partial charge >= 0.3 is 5.97 Å². The molecular weight excluding hydrogens is 398 g/mol. The maximum atomic E-state index is 11.6. The second kappa shape index (κ2) is 8.52. The Balaban J connectivity index is 1.99. The predicted octanol–water partition coefficient (Wildman–Crippen LogP) is 1.86. The van der Waals surface area contributed by atoms with Gasteiger partial charge in [-0.15, -0.1) is 11.5 Å². The van der Waals surface area contributed by atoms with Gasteiger partial charge in [0.2, 0.25) is 5.91 Å². The van der Waals surface area contributed by atoms with Crippen LogP contribution in [0.25, 0.3) is 0 Å². The van der Waals surface area contributed by atoms with E-state index in [1.165, 1.54) is 6.21 Å². The van der Waals surface area contributed by atoms with Crippen molar-refractivity contribution in [2.75, 3.05) is 6.61 Å². The first-order chi connectivity index (χ1) is 11.5. The van der Waals surface area contributed by atoms with E-state index in [0.717, 1.165) is 21.8 Å². The number of hydrogen-bond acceptors (Lipinski definition) is 6. The molecule has 7 nitrogen and oxygen atoms in total. The fraction of sp³-hybridized carbons (Fsp3) is 0.200. The van der Waals surface area contributed by atoms with Crippen LogP contribution >= 0.6 is 27.7 Å². The van der Waals surface area contributed by atoms with Gasteiger partial charge in [0.1, 0.15) is 17.6 Å². The molecule has 0 bridgehead atoms. The van der Waals surface area contributed by atoms with Crippen LogP contribution in [0.1, 0.15) is 12.0 Å². The lowest BCUT2D eigenvalue weighted by atomic mass is 10.2. The van der Waals surface area contributed by atoms with E-state index in [-0.39, 0.29) is 24.1 Å². The number of terminal acetylenes is 1. The molecule has 24 heavy (non-hydrogen) atoms. The fourth-order valence-corrected chi connectivity index (χ4v) is 3.15. The number of benzene rings is 1. The van der Waals surface area contributed by atoms with Gasteiger partial charge in [0, 0.05) is 0 Å². The van der Waals surface area contributed by atoms with Crippen LogP contribution in [0.4, 0.5) is 0 Å². The van der Waals surface area contributed by atoms with Crippen molar-refractivity contribution < 1.29 is 19.4 Å². The molecule has 0 aromatic heterocycles. The van der Waals surface area contributed by atoms with Gasteiger partial charge in [0.25, 0.3) is 0 Å². The van der Waals surface area contributed by atoms with Gasteiger partial charge in [-0.1, -0.05) is 17.7 Å². The monoisotopic (exact) mass is 409 g/mol. The molecule has 1 aromatic carbocycles. The molecule has 1 saturated heterocycles. The van der Waals surface area contributed by atoms with Gasteiger partial charge in [-0.05, 0) is 39.7 Å². The summed E-state index contributed by atoms with van der Waals surface area (Å²) in [6.45, 7) is 0.175. The summed E-state index contributed by atoms with van der Waals surface area (Å²) < 4.78 is 6.05. The van der Waals surface area contributed by atoms with E-state index in [1.807, 2.05) is 0 Å². The first-order valence-corrected chi connectivity index (χ1v) is 8.33. The van der Waals surface area contributed by atoms with Gasteiger partial charge in [0.15, 0.2) is 5.17 Å². The van der Waals surface area contributed by atoms with E-state index in [2.05, 4.69) is 37.4 Å². The Hall–Kier alpha value is -2.31. The number of amidine groups is 1. The molecule has 0 radical (unpaired) electrons. The third-order valence-corrected chi connectivity index (χ3v) is 4.45. The number of nitrogens with one attached hydrogen (secondary N) is 1. The Morgan fingerprint density at radius 2 is 2.38 bits per heavy atom. The van der Waals surface area contributed by atoms with E-state index in [1.54, 1.807) is 18.2 Å². The molecule has 1 unspecified atom stereocenters. The maximum absolute atomic E-state index is 11.6. The van der Waals surface area contributed by atoms with Crippen LogP contribution in [0.2, 0.25) is 0 Å². The average Bonchev–Trinajstić information content (AvgIpc) is 2.85. The van der Waals surface area contributed by atoms with Crippen LogP contribution in [-0.4, -0.2) is 40.2 Å². The standard InChI is InChI=1S/C15H12BrN3O4S/c1-2-5-23-11-4-3-9(6-10(11)16)8-17-19-15-18-14(22)12(24-15)7-13(20)21/h1,3-4,6,8,12H,5,7H2,(H,20,21)(H,18,19,22). The lowest BCUT2D eigenvalue weighted by Gasteiger charge is -2.05. The quantitative estimate of drug-likeness (QED) is 0.424. The third-order valence-electron chi connectivity index (χ3n) is 2.76. The summed E-state index contributed by atoms with van der Waals surface area (Å²) in [6.07, 6.45) is 6.38. The highest BCUT2D eigenvalue weighted by Crippen LogP contribution is 2.25. The van der Waals surface area contributed by atoms with Crippen LogP contribution < -0.4 is 10.1 Å². The van der Waals surface area contributed by atoms with Gasteiger partial charge < -0.3 is 15.2 Å². The van der Waals surface area contributed by atoms with E-state index < -0.39 is 11.2 Å². The van der Waals surface area contributed by atoms with Crippen molar-refractivity contribution in [1.82, 2.24) is 5.32 Å². The zero-order valence-corrected chi connectivity index (χ0v) is 14.6. The van der Waals surface area contributed by atoms with Crippen molar-refractivity contribution >= 4 is 51.0 Å². The first-order valence-electron chi connectivity index (χ1n) is 6.65. The van der Waals surface area contributed by atoms with Crippen LogP contribution in [-0.2, 0) is 9.59 Å². The molecule has 1 heterocycles. The number of aliphatic carboxylic acids is 1. The summed E-state index contributed by atoms with van der Waals surface area (Å²) >= 11 is 4.41. The van der Waals surface area contributed by atoms with Gasteiger partial charge in [0.05, 0.1) is 17.1 Å². The Morgan fingerprint density at radius 3 is 3.04 bits per heavy atom. The summed E-state index contributed by atoms with van der Waals surface area (Å²) in [4.78, 5) is 22.2. The largest absolute Gasteiger partial charge is 0.481 e. The number of nitrogens with zero attached hydrogens (tertiary/aromatic N) is 2. The average molecular weight is 410 g/mol. The van der Waals surface area contributed by atoms with E-state index >= 15 is 0 Å². The molecule has 9 heteroatoms. The zero-order chi connectivity index (χ0) is 17.5. The van der Waals surface area contributed by atoms with E-state index in [0.29, 0.717) is 5.75 Å². The van der Waals surface area contributed by atoms with Crippen LogP contribution in [0.5, 0.6) is 5.75 Å². The van der Waals surface area contributed by atoms with Gasteiger partial charge in [-0.25, -0.2) is 0 Å². The lowest BCUT2D eigenvalue weighted by Crippen LogP contribution is -2.26. The summed E-state index contributed by atoms with van der Waals surface area (Å²) in [6, 6.07) is 5.29. The highest BCUT2D eigenvalue weighted by Gasteiger charge is 2.32. The van der Waals surface area contributed by atoms with Crippen molar-refractivity contribution in [2.45, 2.75) is 11.7 Å². The SMILES string of the molecule is C#CCOc1ccc(C=NN=C2NC(=O)C(CC(=O)O)S2)cc1Br. The van der Waals surface area contributed by atoms with Crippen LogP contribution in [0.3, 0.4) is 0 Å². The minimum atomic E-state index is -1.04. The second-order valence-corrected chi connectivity index (χ2v) is 6.57. The third kappa shape index (κ3) is 5.11. The molecular formula is C15H12BrN3O4S. The molecule has 1 aliphatic heterocycles. The zero-order valence-electron chi connectivity index (χ0n) is 12.2. The maximum Gasteiger partial charge on any atom is 0.305 e. The fourth-order valence-electron chi connectivity index (χ4n) is 1.73. The number of carbonyl (C=O) groups excluding carboxylic acids is 1. The summed E-state index contributed by atoms with van der Waals surface area (Å²) in [5.74, 6) is 1.58. The molecule has 124 valence electrons. The molecule has 0 spiro atoms. The topological polar surface area (TPSA) is 100 Å². The Kier molecular flexibility index (Phi) is 6.40. The minimum Gasteiger partial charge on any atom is -0.481 e. The molecule has 0 aliphatic carbocycles. The number of carboxylic acid groups (broad SMARTS) is 1. The number of carboxylic acids is 1. The molecule has 2 N–H and O–H groups in total. The van der Waals surface area contributed by atoms with Crippen molar-refractivity contribution in [3.63, 3.8) is 0 Å².